The van der Waals surface area contributed by atoms with Crippen LogP contribution in [0.15, 0.2) is 24.3 Å². The molecule has 3 nitrogen and oxygen atoms in total. The van der Waals surface area contributed by atoms with Crippen LogP contribution in [0.2, 0.25) is 0 Å². The molecule has 3 heteroatoms. The van der Waals surface area contributed by atoms with Crippen molar-refractivity contribution in [3.63, 3.8) is 0 Å². The molecule has 2 aliphatic rings. The Morgan fingerprint density at radius 1 is 1.19 bits per heavy atom. The van der Waals surface area contributed by atoms with Crippen molar-refractivity contribution in [2.24, 2.45) is 17.8 Å². The maximum atomic E-state index is 12.7. The minimum Gasteiger partial charge on any atom is -0.382 e. The molecule has 1 heterocycles. The lowest BCUT2D eigenvalue weighted by molar-refractivity contribution is -0.126. The molecule has 0 aromatic heterocycles. The summed E-state index contributed by atoms with van der Waals surface area (Å²) in [6.45, 7) is 6.67. The molecule has 1 aliphatic carbocycles. The molecule has 1 fully saturated rings. The number of para-hydroxylation sites is 1. The molecule has 114 valence electrons. The molecular weight excluding hydrogens is 260 g/mol. The van der Waals surface area contributed by atoms with E-state index in [0.717, 1.165) is 18.8 Å². The van der Waals surface area contributed by atoms with E-state index >= 15 is 0 Å². The zero-order valence-corrected chi connectivity index (χ0v) is 13.2. The molecule has 1 aliphatic heterocycles. The van der Waals surface area contributed by atoms with Gasteiger partial charge in [-0.25, -0.2) is 0 Å². The van der Waals surface area contributed by atoms with Gasteiger partial charge in [-0.2, -0.15) is 0 Å². The van der Waals surface area contributed by atoms with Gasteiger partial charge in [0.1, 0.15) is 0 Å². The number of hydrogen-bond donors (Lipinski definition) is 2. The number of benzene rings is 1. The van der Waals surface area contributed by atoms with E-state index in [2.05, 4.69) is 43.5 Å². The highest BCUT2D eigenvalue weighted by Gasteiger charge is 2.35. The zero-order valence-electron chi connectivity index (χ0n) is 13.2. The Balaban J connectivity index is 1.68. The second kappa shape index (κ2) is 5.70. The molecule has 3 rings (SSSR count). The topological polar surface area (TPSA) is 41.1 Å². The molecule has 5 atom stereocenters. The number of carbonyl (C=O) groups is 1. The third-order valence-corrected chi connectivity index (χ3v) is 5.57. The minimum absolute atomic E-state index is 0.0306. The number of fused-ring (bicyclic) bond motifs is 1. The van der Waals surface area contributed by atoms with Gasteiger partial charge in [0, 0.05) is 17.8 Å². The lowest BCUT2D eigenvalue weighted by Gasteiger charge is -2.33. The zero-order chi connectivity index (χ0) is 15.0. The summed E-state index contributed by atoms with van der Waals surface area (Å²) in [7, 11) is 0. The number of nitrogens with one attached hydrogen (secondary N) is 2. The molecule has 0 radical (unpaired) electrons. The van der Waals surface area contributed by atoms with Crippen molar-refractivity contribution < 1.29 is 4.79 Å². The molecular formula is C18H26N2O. The lowest BCUT2D eigenvalue weighted by atomic mass is 9.87. The van der Waals surface area contributed by atoms with Gasteiger partial charge in [0.15, 0.2) is 0 Å². The predicted molar refractivity (Wildman–Crippen MR) is 86.2 cm³/mol. The summed E-state index contributed by atoms with van der Waals surface area (Å²) in [5, 5.41) is 6.79. The molecule has 1 amide bonds. The van der Waals surface area contributed by atoms with Gasteiger partial charge in [-0.15, -0.1) is 0 Å². The first kappa shape index (κ1) is 14.4. The molecule has 0 saturated heterocycles. The van der Waals surface area contributed by atoms with E-state index in [1.54, 1.807) is 0 Å². The fourth-order valence-corrected chi connectivity index (χ4v) is 3.78. The molecule has 0 spiro atoms. The maximum absolute atomic E-state index is 12.7. The summed E-state index contributed by atoms with van der Waals surface area (Å²) in [6, 6.07) is 8.85. The van der Waals surface area contributed by atoms with Crippen LogP contribution in [-0.4, -0.2) is 18.0 Å². The van der Waals surface area contributed by atoms with Crippen molar-refractivity contribution in [3.05, 3.63) is 29.8 Å². The second-order valence-corrected chi connectivity index (χ2v) is 6.93. The highest BCUT2D eigenvalue weighted by Crippen LogP contribution is 2.32. The number of carbonyl (C=O) groups excluding carboxylic acids is 1. The third kappa shape index (κ3) is 2.78. The van der Waals surface area contributed by atoms with Crippen LogP contribution in [0.4, 0.5) is 5.69 Å². The first-order valence-corrected chi connectivity index (χ1v) is 8.21. The number of hydrogen-bond acceptors (Lipinski definition) is 2. The van der Waals surface area contributed by atoms with E-state index in [-0.39, 0.29) is 17.9 Å². The first-order chi connectivity index (χ1) is 10.1. The second-order valence-electron chi connectivity index (χ2n) is 6.93. The summed E-state index contributed by atoms with van der Waals surface area (Å²) >= 11 is 0. The predicted octanol–water partition coefficient (Wildman–Crippen LogP) is 3.21. The summed E-state index contributed by atoms with van der Waals surface area (Å²) in [5.41, 5.74) is 2.43. The quantitative estimate of drug-likeness (QED) is 0.876. The Kier molecular flexibility index (Phi) is 3.92. The van der Waals surface area contributed by atoms with Crippen molar-refractivity contribution in [3.8, 4) is 0 Å². The van der Waals surface area contributed by atoms with Gasteiger partial charge in [0.2, 0.25) is 5.91 Å². The molecule has 5 unspecified atom stereocenters. The van der Waals surface area contributed by atoms with Gasteiger partial charge in [0.25, 0.3) is 0 Å². The van der Waals surface area contributed by atoms with Crippen LogP contribution in [0, 0.1) is 17.8 Å². The summed E-state index contributed by atoms with van der Waals surface area (Å²) in [5.74, 6) is 1.56. The molecule has 21 heavy (non-hydrogen) atoms. The van der Waals surface area contributed by atoms with Gasteiger partial charge >= 0.3 is 0 Å². The molecule has 0 bridgehead atoms. The van der Waals surface area contributed by atoms with Crippen LogP contribution in [0.3, 0.4) is 0 Å². The van der Waals surface area contributed by atoms with E-state index in [4.69, 9.17) is 0 Å². The van der Waals surface area contributed by atoms with Crippen LogP contribution < -0.4 is 10.6 Å². The van der Waals surface area contributed by atoms with Crippen molar-refractivity contribution in [1.29, 1.82) is 0 Å². The maximum Gasteiger partial charge on any atom is 0.225 e. The SMILES string of the molecule is CC1CCC(NC(=O)C2Cc3ccccc3NC2C)C1C. The smallest absolute Gasteiger partial charge is 0.225 e. The van der Waals surface area contributed by atoms with Crippen molar-refractivity contribution >= 4 is 11.6 Å². The van der Waals surface area contributed by atoms with Gasteiger partial charge in [-0.1, -0.05) is 32.0 Å². The largest absolute Gasteiger partial charge is 0.382 e. The molecule has 1 saturated carbocycles. The molecule has 1 aromatic rings. The standard InChI is InChI=1S/C18H26N2O/c1-11-8-9-16(12(11)2)20-18(21)15-10-14-6-4-5-7-17(14)19-13(15)3/h4-7,11-13,15-16,19H,8-10H2,1-3H3,(H,20,21). The number of amides is 1. The highest BCUT2D eigenvalue weighted by molar-refractivity contribution is 5.81. The third-order valence-electron chi connectivity index (χ3n) is 5.57. The fraction of sp³-hybridized carbons (Fsp3) is 0.611. The van der Waals surface area contributed by atoms with Gasteiger partial charge in [-0.05, 0) is 49.7 Å². The normalized spacial score (nSPS) is 34.9. The fourth-order valence-electron chi connectivity index (χ4n) is 3.78. The van der Waals surface area contributed by atoms with Gasteiger partial charge in [-0.3, -0.25) is 4.79 Å². The highest BCUT2D eigenvalue weighted by atomic mass is 16.2. The van der Waals surface area contributed by atoms with Crippen molar-refractivity contribution in [2.45, 2.75) is 52.1 Å². The van der Waals surface area contributed by atoms with Crippen LogP contribution in [-0.2, 0) is 11.2 Å². The van der Waals surface area contributed by atoms with E-state index in [0.29, 0.717) is 12.0 Å². The van der Waals surface area contributed by atoms with Crippen LogP contribution in [0.25, 0.3) is 0 Å². The van der Waals surface area contributed by atoms with Crippen LogP contribution in [0.1, 0.15) is 39.2 Å². The van der Waals surface area contributed by atoms with Crippen LogP contribution >= 0.6 is 0 Å². The Bertz CT molecular complexity index is 528. The monoisotopic (exact) mass is 286 g/mol. The van der Waals surface area contributed by atoms with E-state index < -0.39 is 0 Å². The summed E-state index contributed by atoms with van der Waals surface area (Å²) in [4.78, 5) is 12.7. The van der Waals surface area contributed by atoms with E-state index in [1.165, 1.54) is 17.7 Å². The Labute approximate surface area is 127 Å². The van der Waals surface area contributed by atoms with Gasteiger partial charge < -0.3 is 10.6 Å². The van der Waals surface area contributed by atoms with Crippen molar-refractivity contribution in [1.82, 2.24) is 5.32 Å². The average Bonchev–Trinajstić information content (AvgIpc) is 2.78. The Morgan fingerprint density at radius 3 is 2.67 bits per heavy atom. The number of anilines is 1. The molecule has 2 N–H and O–H groups in total. The Morgan fingerprint density at radius 2 is 1.95 bits per heavy atom. The molecule has 1 aromatic carbocycles. The van der Waals surface area contributed by atoms with E-state index in [9.17, 15) is 4.79 Å². The van der Waals surface area contributed by atoms with Gasteiger partial charge in [0.05, 0.1) is 5.92 Å². The minimum atomic E-state index is 0.0306. The summed E-state index contributed by atoms with van der Waals surface area (Å²) in [6.07, 6.45) is 3.19. The van der Waals surface area contributed by atoms with E-state index in [1.807, 2.05) is 12.1 Å². The van der Waals surface area contributed by atoms with Crippen molar-refractivity contribution in [2.75, 3.05) is 5.32 Å². The summed E-state index contributed by atoms with van der Waals surface area (Å²) < 4.78 is 0. The van der Waals surface area contributed by atoms with Crippen LogP contribution in [0.5, 0.6) is 0 Å². The Hall–Kier alpha value is -1.51. The lowest BCUT2D eigenvalue weighted by Crippen LogP contribution is -2.47. The average molecular weight is 286 g/mol. The first-order valence-electron chi connectivity index (χ1n) is 8.21. The number of rotatable bonds is 2.